The van der Waals surface area contributed by atoms with Gasteiger partial charge in [-0.25, -0.2) is 0 Å². The molecule has 0 radical (unpaired) electrons. The lowest BCUT2D eigenvalue weighted by atomic mass is 9.82. The van der Waals surface area contributed by atoms with E-state index in [-0.39, 0.29) is 5.78 Å². The number of Topliss-reactive ketones (excluding diaryl/α,β-unsaturated/α-hetero) is 1. The third-order valence-electron chi connectivity index (χ3n) is 2.35. The molecule has 0 N–H and O–H groups in total. The molecule has 2 nitrogen and oxygen atoms in total. The minimum atomic E-state index is -0.396. The maximum absolute atomic E-state index is 10.9. The highest BCUT2D eigenvalue weighted by atomic mass is 16.1. The number of hydrogen-bond donors (Lipinski definition) is 0. The highest BCUT2D eigenvalue weighted by molar-refractivity contribution is 5.76. The molecule has 0 spiro atoms. The summed E-state index contributed by atoms with van der Waals surface area (Å²) in [5, 5.41) is 8.91. The van der Waals surface area contributed by atoms with Crippen molar-refractivity contribution in [3.63, 3.8) is 0 Å². The first kappa shape index (κ1) is 9.25. The molecule has 0 aromatic rings. The van der Waals surface area contributed by atoms with Gasteiger partial charge in [0.05, 0.1) is 11.5 Å². The maximum atomic E-state index is 10.9. The zero-order valence-electron chi connectivity index (χ0n) is 7.76. The van der Waals surface area contributed by atoms with Crippen molar-refractivity contribution in [2.24, 2.45) is 11.3 Å². The van der Waals surface area contributed by atoms with Crippen LogP contribution in [0.1, 0.15) is 39.5 Å². The summed E-state index contributed by atoms with van der Waals surface area (Å²) in [6, 6.07) is 2.26. The second-order valence-corrected chi connectivity index (χ2v) is 4.20. The fourth-order valence-corrected chi connectivity index (χ4v) is 1.67. The Hall–Kier alpha value is -0.840. The van der Waals surface area contributed by atoms with Crippen LogP contribution in [0.4, 0.5) is 0 Å². The molecule has 1 fully saturated rings. The molecule has 1 aliphatic rings. The van der Waals surface area contributed by atoms with E-state index in [0.29, 0.717) is 12.3 Å². The van der Waals surface area contributed by atoms with Crippen LogP contribution in [0.5, 0.6) is 0 Å². The summed E-state index contributed by atoms with van der Waals surface area (Å²) in [4.78, 5) is 10.9. The van der Waals surface area contributed by atoms with Crippen molar-refractivity contribution in [1.29, 1.82) is 5.26 Å². The minimum absolute atomic E-state index is 0.125. The van der Waals surface area contributed by atoms with Gasteiger partial charge >= 0.3 is 0 Å². The standard InChI is InChI=1S/C10H15NO/c1-8(12)5-10(2,7-11)6-9-3-4-9/h9H,3-6H2,1-2H3. The molecule has 0 aromatic heterocycles. The fraction of sp³-hybridized carbons (Fsp3) is 0.800. The van der Waals surface area contributed by atoms with Gasteiger partial charge in [0.1, 0.15) is 5.78 Å². The molecule has 66 valence electrons. The fourth-order valence-electron chi connectivity index (χ4n) is 1.67. The largest absolute Gasteiger partial charge is 0.300 e. The van der Waals surface area contributed by atoms with Crippen LogP contribution < -0.4 is 0 Å². The predicted octanol–water partition coefficient (Wildman–Crippen LogP) is 2.30. The van der Waals surface area contributed by atoms with Gasteiger partial charge in [0.2, 0.25) is 0 Å². The summed E-state index contributed by atoms with van der Waals surface area (Å²) < 4.78 is 0. The Morgan fingerprint density at radius 3 is 2.58 bits per heavy atom. The summed E-state index contributed by atoms with van der Waals surface area (Å²) in [7, 11) is 0. The molecular weight excluding hydrogens is 150 g/mol. The second kappa shape index (κ2) is 3.26. The van der Waals surface area contributed by atoms with E-state index in [0.717, 1.165) is 6.42 Å². The number of ketones is 1. The first-order valence-corrected chi connectivity index (χ1v) is 4.46. The van der Waals surface area contributed by atoms with Gasteiger partial charge in [-0.15, -0.1) is 0 Å². The molecule has 0 aromatic carbocycles. The molecule has 12 heavy (non-hydrogen) atoms. The lowest BCUT2D eigenvalue weighted by Crippen LogP contribution is -2.18. The lowest BCUT2D eigenvalue weighted by molar-refractivity contribution is -0.118. The van der Waals surface area contributed by atoms with Gasteiger partial charge in [-0.1, -0.05) is 12.8 Å². The number of carbonyl (C=O) groups is 1. The van der Waals surface area contributed by atoms with E-state index >= 15 is 0 Å². The van der Waals surface area contributed by atoms with Crippen molar-refractivity contribution < 1.29 is 4.79 Å². The third-order valence-corrected chi connectivity index (χ3v) is 2.35. The Labute approximate surface area is 73.6 Å². The first-order chi connectivity index (χ1) is 5.56. The van der Waals surface area contributed by atoms with Crippen molar-refractivity contribution in [2.75, 3.05) is 0 Å². The van der Waals surface area contributed by atoms with Crippen LogP contribution in [0.15, 0.2) is 0 Å². The Kier molecular flexibility index (Phi) is 2.52. The second-order valence-electron chi connectivity index (χ2n) is 4.20. The van der Waals surface area contributed by atoms with Crippen molar-refractivity contribution >= 4 is 5.78 Å². The molecule has 0 bridgehead atoms. The number of hydrogen-bond acceptors (Lipinski definition) is 2. The van der Waals surface area contributed by atoms with Crippen LogP contribution in [0.3, 0.4) is 0 Å². The van der Waals surface area contributed by atoms with E-state index in [1.807, 2.05) is 6.92 Å². The van der Waals surface area contributed by atoms with Crippen LogP contribution in [-0.4, -0.2) is 5.78 Å². The molecule has 2 heteroatoms. The SMILES string of the molecule is CC(=O)CC(C)(C#N)CC1CC1. The van der Waals surface area contributed by atoms with Crippen molar-refractivity contribution in [3.05, 3.63) is 0 Å². The zero-order chi connectivity index (χ0) is 9.19. The molecule has 1 atom stereocenters. The Balaban J connectivity index is 2.48. The average Bonchev–Trinajstić information content (AvgIpc) is 2.70. The number of nitrogens with zero attached hydrogens (tertiary/aromatic N) is 1. The number of carbonyl (C=O) groups excluding carboxylic acids is 1. The van der Waals surface area contributed by atoms with Gasteiger partial charge in [0.15, 0.2) is 0 Å². The van der Waals surface area contributed by atoms with Gasteiger partial charge in [0, 0.05) is 6.42 Å². The molecule has 1 unspecified atom stereocenters. The zero-order valence-corrected chi connectivity index (χ0v) is 7.76. The van der Waals surface area contributed by atoms with Crippen molar-refractivity contribution in [2.45, 2.75) is 39.5 Å². The summed E-state index contributed by atoms with van der Waals surface area (Å²) >= 11 is 0. The van der Waals surface area contributed by atoms with E-state index in [9.17, 15) is 4.79 Å². The highest BCUT2D eigenvalue weighted by Crippen LogP contribution is 2.41. The van der Waals surface area contributed by atoms with Gasteiger partial charge in [-0.05, 0) is 26.2 Å². The predicted molar refractivity (Wildman–Crippen MR) is 46.4 cm³/mol. The quantitative estimate of drug-likeness (QED) is 0.641. The van der Waals surface area contributed by atoms with Gasteiger partial charge in [-0.2, -0.15) is 5.26 Å². The number of nitriles is 1. The molecule has 0 heterocycles. The number of rotatable bonds is 4. The van der Waals surface area contributed by atoms with Crippen LogP contribution in [0, 0.1) is 22.7 Å². The van der Waals surface area contributed by atoms with E-state index in [1.165, 1.54) is 12.8 Å². The summed E-state index contributed by atoms with van der Waals surface area (Å²) in [5.41, 5.74) is -0.396. The van der Waals surface area contributed by atoms with Crippen molar-refractivity contribution in [3.8, 4) is 6.07 Å². The van der Waals surface area contributed by atoms with E-state index in [1.54, 1.807) is 6.92 Å². The van der Waals surface area contributed by atoms with E-state index < -0.39 is 5.41 Å². The molecule has 1 aliphatic carbocycles. The van der Waals surface area contributed by atoms with Crippen LogP contribution in [-0.2, 0) is 4.79 Å². The monoisotopic (exact) mass is 165 g/mol. The third kappa shape index (κ3) is 2.65. The maximum Gasteiger partial charge on any atom is 0.131 e. The van der Waals surface area contributed by atoms with E-state index in [2.05, 4.69) is 6.07 Å². The minimum Gasteiger partial charge on any atom is -0.300 e. The van der Waals surface area contributed by atoms with Gasteiger partial charge in [-0.3, -0.25) is 4.79 Å². The normalized spacial score (nSPS) is 21.1. The Bertz CT molecular complexity index is 224. The average molecular weight is 165 g/mol. The van der Waals surface area contributed by atoms with Crippen LogP contribution in [0.2, 0.25) is 0 Å². The summed E-state index contributed by atoms with van der Waals surface area (Å²) in [5.74, 6) is 0.841. The summed E-state index contributed by atoms with van der Waals surface area (Å²) in [6.45, 7) is 3.45. The highest BCUT2D eigenvalue weighted by Gasteiger charge is 2.34. The van der Waals surface area contributed by atoms with Gasteiger partial charge in [0.25, 0.3) is 0 Å². The van der Waals surface area contributed by atoms with E-state index in [4.69, 9.17) is 5.26 Å². The lowest BCUT2D eigenvalue weighted by Gasteiger charge is -2.18. The Morgan fingerprint density at radius 1 is 1.67 bits per heavy atom. The van der Waals surface area contributed by atoms with Crippen LogP contribution in [0.25, 0.3) is 0 Å². The molecule has 1 saturated carbocycles. The molecule has 1 rings (SSSR count). The molecular formula is C10H15NO. The van der Waals surface area contributed by atoms with Crippen LogP contribution >= 0.6 is 0 Å². The molecule has 0 saturated heterocycles. The molecule has 0 aliphatic heterocycles. The van der Waals surface area contributed by atoms with Gasteiger partial charge < -0.3 is 0 Å². The Morgan fingerprint density at radius 2 is 2.25 bits per heavy atom. The summed E-state index contributed by atoms with van der Waals surface area (Å²) in [6.07, 6.45) is 3.81. The van der Waals surface area contributed by atoms with Crippen molar-refractivity contribution in [1.82, 2.24) is 0 Å². The topological polar surface area (TPSA) is 40.9 Å². The first-order valence-electron chi connectivity index (χ1n) is 4.46. The molecule has 0 amide bonds. The smallest absolute Gasteiger partial charge is 0.131 e.